The normalized spacial score (nSPS) is 15.1. The Morgan fingerprint density at radius 2 is 1.90 bits per heavy atom. The highest BCUT2D eigenvalue weighted by Gasteiger charge is 2.23. The van der Waals surface area contributed by atoms with Crippen LogP contribution in [0.4, 0.5) is 0 Å². The van der Waals surface area contributed by atoms with Crippen LogP contribution in [0.3, 0.4) is 0 Å². The van der Waals surface area contributed by atoms with E-state index < -0.39 is 0 Å². The fourth-order valence-corrected chi connectivity index (χ4v) is 2.76. The SMILES string of the molecule is COc1ccc2cc(-c3n[nH]c(C4CCC4)n3)ccc2c1. The van der Waals surface area contributed by atoms with E-state index in [0.29, 0.717) is 5.92 Å². The first-order valence-corrected chi connectivity index (χ1v) is 7.34. The van der Waals surface area contributed by atoms with Crippen LogP contribution in [0.1, 0.15) is 31.0 Å². The number of nitrogens with one attached hydrogen (secondary N) is 1. The van der Waals surface area contributed by atoms with Crippen molar-refractivity contribution in [1.82, 2.24) is 15.2 Å². The Bertz CT molecular complexity index is 790. The summed E-state index contributed by atoms with van der Waals surface area (Å²) in [5, 5.41) is 9.79. The van der Waals surface area contributed by atoms with Gasteiger partial charge in [-0.15, -0.1) is 0 Å². The Morgan fingerprint density at radius 1 is 1.10 bits per heavy atom. The maximum Gasteiger partial charge on any atom is 0.181 e. The van der Waals surface area contributed by atoms with Gasteiger partial charge in [0, 0.05) is 11.5 Å². The van der Waals surface area contributed by atoms with Crippen molar-refractivity contribution in [3.8, 4) is 17.1 Å². The fourth-order valence-electron chi connectivity index (χ4n) is 2.76. The summed E-state index contributed by atoms with van der Waals surface area (Å²) in [7, 11) is 1.69. The molecule has 1 aliphatic carbocycles. The molecule has 0 spiro atoms. The van der Waals surface area contributed by atoms with Crippen LogP contribution < -0.4 is 4.74 Å². The van der Waals surface area contributed by atoms with Crippen molar-refractivity contribution in [2.45, 2.75) is 25.2 Å². The first-order chi connectivity index (χ1) is 10.3. The number of ether oxygens (including phenoxy) is 1. The summed E-state index contributed by atoms with van der Waals surface area (Å²) in [6.07, 6.45) is 3.76. The van der Waals surface area contributed by atoms with Crippen LogP contribution in [0, 0.1) is 0 Å². The minimum atomic E-state index is 0.580. The van der Waals surface area contributed by atoms with Gasteiger partial charge in [-0.2, -0.15) is 5.10 Å². The summed E-state index contributed by atoms with van der Waals surface area (Å²) in [6.45, 7) is 0. The Kier molecular flexibility index (Phi) is 2.88. The Hall–Kier alpha value is -2.36. The lowest BCUT2D eigenvalue weighted by Crippen LogP contribution is -2.10. The molecular weight excluding hydrogens is 262 g/mol. The maximum absolute atomic E-state index is 5.26. The third-order valence-corrected chi connectivity index (χ3v) is 4.30. The second-order valence-corrected chi connectivity index (χ2v) is 5.60. The summed E-state index contributed by atoms with van der Waals surface area (Å²) < 4.78 is 5.26. The topological polar surface area (TPSA) is 50.8 Å². The highest BCUT2D eigenvalue weighted by Crippen LogP contribution is 2.35. The summed E-state index contributed by atoms with van der Waals surface area (Å²) >= 11 is 0. The number of methoxy groups -OCH3 is 1. The fraction of sp³-hybridized carbons (Fsp3) is 0.294. The molecule has 21 heavy (non-hydrogen) atoms. The van der Waals surface area contributed by atoms with Crippen LogP contribution in [0.15, 0.2) is 36.4 Å². The molecule has 4 nitrogen and oxygen atoms in total. The molecule has 0 aliphatic heterocycles. The minimum Gasteiger partial charge on any atom is -0.497 e. The maximum atomic E-state index is 5.26. The van der Waals surface area contributed by atoms with E-state index in [1.165, 1.54) is 24.6 Å². The predicted octanol–water partition coefficient (Wildman–Crippen LogP) is 3.90. The lowest BCUT2D eigenvalue weighted by atomic mass is 9.85. The number of aromatic amines is 1. The van der Waals surface area contributed by atoms with E-state index in [-0.39, 0.29) is 0 Å². The number of benzene rings is 2. The molecule has 0 saturated heterocycles. The van der Waals surface area contributed by atoms with Crippen molar-refractivity contribution >= 4 is 10.8 Å². The van der Waals surface area contributed by atoms with E-state index in [9.17, 15) is 0 Å². The lowest BCUT2D eigenvalue weighted by Gasteiger charge is -2.22. The highest BCUT2D eigenvalue weighted by atomic mass is 16.5. The molecule has 0 unspecified atom stereocenters. The van der Waals surface area contributed by atoms with E-state index in [1.54, 1.807) is 7.11 Å². The zero-order valence-electron chi connectivity index (χ0n) is 12.0. The monoisotopic (exact) mass is 279 g/mol. The summed E-state index contributed by atoms with van der Waals surface area (Å²) in [4.78, 5) is 4.65. The number of hydrogen-bond acceptors (Lipinski definition) is 3. The molecule has 1 saturated carbocycles. The van der Waals surface area contributed by atoms with E-state index in [4.69, 9.17) is 4.74 Å². The number of rotatable bonds is 3. The summed E-state index contributed by atoms with van der Waals surface area (Å²) in [5.74, 6) is 3.28. The van der Waals surface area contributed by atoms with Crippen molar-refractivity contribution in [3.63, 3.8) is 0 Å². The molecule has 1 aliphatic rings. The van der Waals surface area contributed by atoms with E-state index in [0.717, 1.165) is 28.3 Å². The van der Waals surface area contributed by atoms with Crippen LogP contribution in [0.2, 0.25) is 0 Å². The number of aromatic nitrogens is 3. The molecule has 2 aromatic carbocycles. The van der Waals surface area contributed by atoms with Gasteiger partial charge in [0.1, 0.15) is 11.6 Å². The molecule has 1 heterocycles. The van der Waals surface area contributed by atoms with Crippen molar-refractivity contribution in [2.75, 3.05) is 7.11 Å². The van der Waals surface area contributed by atoms with Gasteiger partial charge in [0.15, 0.2) is 5.82 Å². The molecule has 0 amide bonds. The van der Waals surface area contributed by atoms with E-state index in [2.05, 4.69) is 39.4 Å². The lowest BCUT2D eigenvalue weighted by molar-refractivity contribution is 0.402. The van der Waals surface area contributed by atoms with Crippen LogP contribution in [-0.4, -0.2) is 22.3 Å². The van der Waals surface area contributed by atoms with Gasteiger partial charge < -0.3 is 4.74 Å². The number of hydrogen-bond donors (Lipinski definition) is 1. The van der Waals surface area contributed by atoms with Crippen molar-refractivity contribution in [3.05, 3.63) is 42.2 Å². The smallest absolute Gasteiger partial charge is 0.181 e. The zero-order chi connectivity index (χ0) is 14.2. The predicted molar refractivity (Wildman–Crippen MR) is 82.5 cm³/mol. The molecule has 0 bridgehead atoms. The molecular formula is C17H17N3O. The molecule has 0 atom stereocenters. The van der Waals surface area contributed by atoms with Gasteiger partial charge in [-0.25, -0.2) is 4.98 Å². The van der Waals surface area contributed by atoms with E-state index >= 15 is 0 Å². The third kappa shape index (κ3) is 2.17. The summed E-state index contributed by atoms with van der Waals surface area (Å²) in [5.41, 5.74) is 1.05. The summed E-state index contributed by atoms with van der Waals surface area (Å²) in [6, 6.07) is 12.4. The van der Waals surface area contributed by atoms with E-state index in [1.807, 2.05) is 12.1 Å². The number of fused-ring (bicyclic) bond motifs is 1. The van der Waals surface area contributed by atoms with Crippen LogP contribution >= 0.6 is 0 Å². The Balaban J connectivity index is 1.71. The molecule has 0 radical (unpaired) electrons. The molecule has 1 N–H and O–H groups in total. The van der Waals surface area contributed by atoms with Crippen molar-refractivity contribution in [1.29, 1.82) is 0 Å². The van der Waals surface area contributed by atoms with Gasteiger partial charge in [-0.1, -0.05) is 24.6 Å². The number of nitrogens with zero attached hydrogens (tertiary/aromatic N) is 2. The van der Waals surface area contributed by atoms with Crippen molar-refractivity contribution in [2.24, 2.45) is 0 Å². The van der Waals surface area contributed by atoms with Crippen LogP contribution in [0.5, 0.6) is 5.75 Å². The van der Waals surface area contributed by atoms with Gasteiger partial charge >= 0.3 is 0 Å². The quantitative estimate of drug-likeness (QED) is 0.791. The molecule has 3 aromatic rings. The molecule has 4 heteroatoms. The molecule has 4 rings (SSSR count). The highest BCUT2D eigenvalue weighted by molar-refractivity contribution is 5.87. The third-order valence-electron chi connectivity index (χ3n) is 4.30. The standard InChI is InChI=1S/C17H17N3O/c1-21-15-8-7-12-9-14(6-5-13(12)10-15)17-18-16(19-20-17)11-3-2-4-11/h5-11H,2-4H2,1H3,(H,18,19,20). The second-order valence-electron chi connectivity index (χ2n) is 5.60. The molecule has 106 valence electrons. The van der Waals surface area contributed by atoms with Gasteiger partial charge in [-0.05, 0) is 41.8 Å². The Labute approximate surface area is 123 Å². The van der Waals surface area contributed by atoms with Gasteiger partial charge in [0.05, 0.1) is 7.11 Å². The average Bonchev–Trinajstić information content (AvgIpc) is 2.93. The van der Waals surface area contributed by atoms with Crippen molar-refractivity contribution < 1.29 is 4.74 Å². The number of H-pyrrole nitrogens is 1. The van der Waals surface area contributed by atoms with Crippen LogP contribution in [0.25, 0.3) is 22.2 Å². The van der Waals surface area contributed by atoms with Gasteiger partial charge in [0.25, 0.3) is 0 Å². The van der Waals surface area contributed by atoms with Gasteiger partial charge in [-0.3, -0.25) is 5.10 Å². The molecule has 1 fully saturated rings. The molecule has 1 aromatic heterocycles. The largest absolute Gasteiger partial charge is 0.497 e. The zero-order valence-corrected chi connectivity index (χ0v) is 12.0. The van der Waals surface area contributed by atoms with Gasteiger partial charge in [0.2, 0.25) is 0 Å². The average molecular weight is 279 g/mol. The first-order valence-electron chi connectivity index (χ1n) is 7.34. The Morgan fingerprint density at radius 3 is 2.67 bits per heavy atom. The van der Waals surface area contributed by atoms with Crippen LogP contribution in [-0.2, 0) is 0 Å². The first kappa shape index (κ1) is 12.4. The minimum absolute atomic E-state index is 0.580. The second kappa shape index (κ2) is 4.88.